The summed E-state index contributed by atoms with van der Waals surface area (Å²) in [4.78, 5) is 44.1. The maximum absolute atomic E-state index is 13.6. The summed E-state index contributed by atoms with van der Waals surface area (Å²) in [6.45, 7) is 6.67. The molecule has 2 aromatic rings. The number of Topliss-reactive ketones (excluding diaryl/α,β-unsaturated/α-hetero) is 1. The fourth-order valence-electron chi connectivity index (χ4n) is 5.70. The number of rotatable bonds is 3. The maximum Gasteiger partial charge on any atom is 0.239 e. The summed E-state index contributed by atoms with van der Waals surface area (Å²) in [5.74, 6) is -1.44. The van der Waals surface area contributed by atoms with Gasteiger partial charge in [0, 0.05) is 11.6 Å². The number of nitrogens with zero attached hydrogens (tertiary/aromatic N) is 2. The molecule has 0 saturated carbocycles. The van der Waals surface area contributed by atoms with Crippen LogP contribution in [0.4, 0.5) is 5.69 Å². The molecule has 0 spiro atoms. The van der Waals surface area contributed by atoms with Gasteiger partial charge in [0.15, 0.2) is 5.78 Å². The number of benzene rings is 2. The number of anilines is 1. The minimum absolute atomic E-state index is 0.0263. The highest BCUT2D eigenvalue weighted by Crippen LogP contribution is 2.48. The zero-order valence-corrected chi connectivity index (χ0v) is 17.6. The SMILES string of the molecule is Cc1ccc(C(=O)[C@@H]2[C@@H]3C(=O)N(c4ccc(C)cc4C)C(=O)[C@@H]3[C@@H]3CCCN23)cc1. The van der Waals surface area contributed by atoms with E-state index in [-0.39, 0.29) is 23.6 Å². The Labute approximate surface area is 176 Å². The fourth-order valence-corrected chi connectivity index (χ4v) is 5.70. The van der Waals surface area contributed by atoms with E-state index in [0.717, 1.165) is 36.1 Å². The summed E-state index contributed by atoms with van der Waals surface area (Å²) in [5.41, 5.74) is 4.34. The molecule has 3 aliphatic rings. The van der Waals surface area contributed by atoms with Crippen molar-refractivity contribution in [3.05, 3.63) is 64.7 Å². The standard InChI is InChI=1S/C25H26N2O3/c1-14-6-9-17(10-7-14)23(28)22-21-20(19-5-4-12-26(19)22)24(29)27(25(21)30)18-11-8-15(2)13-16(18)3/h6-11,13,19-22H,4-5,12H2,1-3H3/t19-,20+,21+,22-/m0/s1. The molecule has 3 fully saturated rings. The molecule has 0 radical (unpaired) electrons. The molecule has 3 aliphatic heterocycles. The highest BCUT2D eigenvalue weighted by atomic mass is 16.2. The van der Waals surface area contributed by atoms with Crippen molar-refractivity contribution in [1.29, 1.82) is 0 Å². The highest BCUT2D eigenvalue weighted by molar-refractivity contribution is 6.24. The van der Waals surface area contributed by atoms with Gasteiger partial charge in [-0.25, -0.2) is 4.90 Å². The molecule has 0 bridgehead atoms. The second-order valence-electron chi connectivity index (χ2n) is 8.98. The number of ketones is 1. The summed E-state index contributed by atoms with van der Waals surface area (Å²) in [6.07, 6.45) is 1.81. The van der Waals surface area contributed by atoms with Crippen LogP contribution in [0.1, 0.15) is 39.9 Å². The van der Waals surface area contributed by atoms with Crippen molar-refractivity contribution >= 4 is 23.3 Å². The molecule has 0 unspecified atom stereocenters. The largest absolute Gasteiger partial charge is 0.292 e. The molecule has 2 amide bonds. The molecule has 0 aliphatic carbocycles. The van der Waals surface area contributed by atoms with Gasteiger partial charge in [0.05, 0.1) is 23.6 Å². The zero-order valence-electron chi connectivity index (χ0n) is 17.6. The van der Waals surface area contributed by atoms with E-state index >= 15 is 0 Å². The van der Waals surface area contributed by atoms with Crippen LogP contribution in [0, 0.1) is 32.6 Å². The van der Waals surface area contributed by atoms with E-state index in [1.807, 2.05) is 63.2 Å². The Balaban J connectivity index is 1.56. The van der Waals surface area contributed by atoms with Crippen molar-refractivity contribution in [2.45, 2.75) is 45.7 Å². The Kier molecular flexibility index (Phi) is 4.40. The predicted molar refractivity (Wildman–Crippen MR) is 114 cm³/mol. The van der Waals surface area contributed by atoms with Gasteiger partial charge in [0.2, 0.25) is 11.8 Å². The number of fused-ring (bicyclic) bond motifs is 3. The van der Waals surface area contributed by atoms with Crippen molar-refractivity contribution < 1.29 is 14.4 Å². The molecular weight excluding hydrogens is 376 g/mol. The third kappa shape index (κ3) is 2.68. The lowest BCUT2D eigenvalue weighted by molar-refractivity contribution is -0.123. The Morgan fingerprint density at radius 3 is 2.27 bits per heavy atom. The van der Waals surface area contributed by atoms with Gasteiger partial charge >= 0.3 is 0 Å². The Hall–Kier alpha value is -2.79. The molecule has 154 valence electrons. The van der Waals surface area contributed by atoms with Gasteiger partial charge in [-0.1, -0.05) is 47.5 Å². The minimum atomic E-state index is -0.600. The van der Waals surface area contributed by atoms with Crippen LogP contribution in [0.15, 0.2) is 42.5 Å². The van der Waals surface area contributed by atoms with Crippen LogP contribution in [0.25, 0.3) is 0 Å². The summed E-state index contributed by atoms with van der Waals surface area (Å²) >= 11 is 0. The Morgan fingerprint density at radius 2 is 1.57 bits per heavy atom. The lowest BCUT2D eigenvalue weighted by Crippen LogP contribution is -2.46. The molecule has 5 heteroatoms. The minimum Gasteiger partial charge on any atom is -0.292 e. The predicted octanol–water partition coefficient (Wildman–Crippen LogP) is 3.45. The molecule has 4 atom stereocenters. The van der Waals surface area contributed by atoms with Gasteiger partial charge in [-0.05, 0) is 51.8 Å². The Morgan fingerprint density at radius 1 is 0.900 bits per heavy atom. The molecule has 30 heavy (non-hydrogen) atoms. The van der Waals surface area contributed by atoms with Crippen molar-refractivity contribution in [2.75, 3.05) is 11.4 Å². The number of imide groups is 1. The van der Waals surface area contributed by atoms with Gasteiger partial charge in [-0.2, -0.15) is 0 Å². The fraction of sp³-hybridized carbons (Fsp3) is 0.400. The highest BCUT2D eigenvalue weighted by Gasteiger charge is 2.64. The summed E-state index contributed by atoms with van der Waals surface area (Å²) < 4.78 is 0. The van der Waals surface area contributed by atoms with Gasteiger partial charge in [0.1, 0.15) is 0 Å². The summed E-state index contributed by atoms with van der Waals surface area (Å²) in [7, 11) is 0. The molecule has 0 N–H and O–H groups in total. The van der Waals surface area contributed by atoms with Gasteiger partial charge in [0.25, 0.3) is 0 Å². The average molecular weight is 402 g/mol. The summed E-state index contributed by atoms with van der Waals surface area (Å²) in [6, 6.07) is 12.7. The molecule has 3 heterocycles. The van der Waals surface area contributed by atoms with E-state index < -0.39 is 17.9 Å². The van der Waals surface area contributed by atoms with Crippen LogP contribution in [-0.2, 0) is 9.59 Å². The topological polar surface area (TPSA) is 57.7 Å². The van der Waals surface area contributed by atoms with Crippen LogP contribution in [-0.4, -0.2) is 41.1 Å². The van der Waals surface area contributed by atoms with Crippen molar-refractivity contribution in [3.63, 3.8) is 0 Å². The first-order valence-corrected chi connectivity index (χ1v) is 10.7. The van der Waals surface area contributed by atoms with Crippen LogP contribution in [0.2, 0.25) is 0 Å². The lowest BCUT2D eigenvalue weighted by atomic mass is 9.85. The summed E-state index contributed by atoms with van der Waals surface area (Å²) in [5, 5.41) is 0. The number of amides is 2. The lowest BCUT2D eigenvalue weighted by Gasteiger charge is -2.28. The van der Waals surface area contributed by atoms with Gasteiger partial charge < -0.3 is 0 Å². The number of hydrogen-bond donors (Lipinski definition) is 0. The first-order valence-electron chi connectivity index (χ1n) is 10.7. The first kappa shape index (κ1) is 19.2. The van der Waals surface area contributed by atoms with Crippen LogP contribution >= 0.6 is 0 Å². The monoisotopic (exact) mass is 402 g/mol. The van der Waals surface area contributed by atoms with E-state index in [1.54, 1.807) is 0 Å². The zero-order chi connectivity index (χ0) is 21.2. The van der Waals surface area contributed by atoms with Gasteiger partial charge in [-0.15, -0.1) is 0 Å². The smallest absolute Gasteiger partial charge is 0.239 e. The van der Waals surface area contributed by atoms with E-state index in [0.29, 0.717) is 11.3 Å². The quantitative estimate of drug-likeness (QED) is 0.583. The molecule has 2 aromatic carbocycles. The van der Waals surface area contributed by atoms with Crippen LogP contribution in [0.3, 0.4) is 0 Å². The number of carbonyl (C=O) groups excluding carboxylic acids is 3. The van der Waals surface area contributed by atoms with E-state index in [2.05, 4.69) is 4.90 Å². The van der Waals surface area contributed by atoms with Crippen molar-refractivity contribution in [1.82, 2.24) is 4.90 Å². The maximum atomic E-state index is 13.6. The third-order valence-electron chi connectivity index (χ3n) is 7.05. The first-order chi connectivity index (χ1) is 14.4. The third-order valence-corrected chi connectivity index (χ3v) is 7.05. The number of carbonyl (C=O) groups is 3. The Bertz CT molecular complexity index is 1060. The molecule has 0 aromatic heterocycles. The number of hydrogen-bond acceptors (Lipinski definition) is 4. The molecule has 5 rings (SSSR count). The molecule has 3 saturated heterocycles. The van der Waals surface area contributed by atoms with Gasteiger partial charge in [-0.3, -0.25) is 19.3 Å². The van der Waals surface area contributed by atoms with E-state index in [9.17, 15) is 14.4 Å². The molecule has 5 nitrogen and oxygen atoms in total. The van der Waals surface area contributed by atoms with E-state index in [4.69, 9.17) is 0 Å². The van der Waals surface area contributed by atoms with Crippen molar-refractivity contribution in [2.24, 2.45) is 11.8 Å². The normalized spacial score (nSPS) is 28.2. The van der Waals surface area contributed by atoms with Crippen LogP contribution < -0.4 is 4.90 Å². The second-order valence-corrected chi connectivity index (χ2v) is 8.98. The second kappa shape index (κ2) is 6.88. The number of aryl methyl sites for hydroxylation is 3. The molecular formula is C25H26N2O3. The van der Waals surface area contributed by atoms with E-state index in [1.165, 1.54) is 4.90 Å². The van der Waals surface area contributed by atoms with Crippen LogP contribution in [0.5, 0.6) is 0 Å². The average Bonchev–Trinajstić information content (AvgIpc) is 3.35. The van der Waals surface area contributed by atoms with Crippen molar-refractivity contribution in [3.8, 4) is 0 Å².